The first-order valence-electron chi connectivity index (χ1n) is 5.97. The molecule has 16 heavy (non-hydrogen) atoms. The van der Waals surface area contributed by atoms with Crippen molar-refractivity contribution < 1.29 is 5.11 Å². The van der Waals surface area contributed by atoms with Gasteiger partial charge in [0.1, 0.15) is 0 Å². The molecule has 0 saturated heterocycles. The number of hydrogen-bond donors (Lipinski definition) is 2. The van der Waals surface area contributed by atoms with Crippen LogP contribution in [0.2, 0.25) is 0 Å². The Hall–Kier alpha value is -0.860. The van der Waals surface area contributed by atoms with Gasteiger partial charge in [-0.15, -0.1) is 0 Å². The predicted octanol–water partition coefficient (Wildman–Crippen LogP) is 2.49. The second-order valence-electron chi connectivity index (χ2n) is 4.91. The molecule has 1 aromatic carbocycles. The first-order chi connectivity index (χ1) is 7.59. The third-order valence-corrected chi connectivity index (χ3v) is 3.20. The minimum Gasteiger partial charge on any atom is -0.396 e. The van der Waals surface area contributed by atoms with Crippen LogP contribution in [-0.4, -0.2) is 18.3 Å². The Kier molecular flexibility index (Phi) is 4.97. The van der Waals surface area contributed by atoms with Crippen LogP contribution in [-0.2, 0) is 6.54 Å². The molecule has 0 heterocycles. The summed E-state index contributed by atoms with van der Waals surface area (Å²) in [6.07, 6.45) is 0.990. The van der Waals surface area contributed by atoms with Crippen LogP contribution in [0.4, 0.5) is 0 Å². The van der Waals surface area contributed by atoms with Gasteiger partial charge in [0.25, 0.3) is 0 Å². The summed E-state index contributed by atoms with van der Waals surface area (Å²) in [7, 11) is 0. The number of hydrogen-bond acceptors (Lipinski definition) is 2. The molecule has 2 heteroatoms. The molecule has 0 fully saturated rings. The van der Waals surface area contributed by atoms with E-state index in [0.717, 1.165) is 19.5 Å². The van der Waals surface area contributed by atoms with Gasteiger partial charge in [0, 0.05) is 25.1 Å². The van der Waals surface area contributed by atoms with E-state index >= 15 is 0 Å². The molecule has 0 aliphatic heterocycles. The smallest absolute Gasteiger partial charge is 0.0496 e. The summed E-state index contributed by atoms with van der Waals surface area (Å²) < 4.78 is 0. The van der Waals surface area contributed by atoms with E-state index in [2.05, 4.69) is 50.4 Å². The van der Waals surface area contributed by atoms with Crippen molar-refractivity contribution in [1.82, 2.24) is 5.32 Å². The normalized spacial score (nSPS) is 14.8. The molecule has 0 amide bonds. The fourth-order valence-corrected chi connectivity index (χ4v) is 1.62. The van der Waals surface area contributed by atoms with Gasteiger partial charge in [-0.3, -0.25) is 0 Å². The average Bonchev–Trinajstić information content (AvgIpc) is 2.29. The third-order valence-electron chi connectivity index (χ3n) is 3.20. The number of aliphatic hydroxyl groups excluding tert-OH is 1. The first kappa shape index (κ1) is 13.2. The topological polar surface area (TPSA) is 32.3 Å². The molecule has 2 N–H and O–H groups in total. The van der Waals surface area contributed by atoms with Gasteiger partial charge in [-0.25, -0.2) is 0 Å². The van der Waals surface area contributed by atoms with Crippen molar-refractivity contribution in [2.75, 3.05) is 13.2 Å². The summed E-state index contributed by atoms with van der Waals surface area (Å²) in [4.78, 5) is 0. The second kappa shape index (κ2) is 6.02. The fraction of sp³-hybridized carbons (Fsp3) is 0.571. The van der Waals surface area contributed by atoms with Crippen LogP contribution in [0.15, 0.2) is 24.3 Å². The summed E-state index contributed by atoms with van der Waals surface area (Å²) in [5, 5.41) is 12.7. The minimum atomic E-state index is 0.00379. The van der Waals surface area contributed by atoms with E-state index < -0.39 is 0 Å². The van der Waals surface area contributed by atoms with Crippen molar-refractivity contribution in [3.8, 4) is 0 Å². The average molecular weight is 221 g/mol. The Morgan fingerprint density at radius 1 is 1.38 bits per heavy atom. The van der Waals surface area contributed by atoms with Crippen LogP contribution >= 0.6 is 0 Å². The van der Waals surface area contributed by atoms with E-state index in [1.807, 2.05) is 0 Å². The van der Waals surface area contributed by atoms with Crippen molar-refractivity contribution in [2.24, 2.45) is 5.41 Å². The molecule has 1 atom stereocenters. The summed E-state index contributed by atoms with van der Waals surface area (Å²) in [5.41, 5.74) is 2.60. The molecule has 0 saturated carbocycles. The van der Waals surface area contributed by atoms with Gasteiger partial charge < -0.3 is 10.4 Å². The highest BCUT2D eigenvalue weighted by Crippen LogP contribution is 2.18. The van der Waals surface area contributed by atoms with E-state index in [-0.39, 0.29) is 12.0 Å². The first-order valence-corrected chi connectivity index (χ1v) is 5.97. The Bertz CT molecular complexity index is 318. The highest BCUT2D eigenvalue weighted by atomic mass is 16.3. The van der Waals surface area contributed by atoms with E-state index in [1.165, 1.54) is 11.1 Å². The Labute approximate surface area is 98.7 Å². The largest absolute Gasteiger partial charge is 0.396 e. The number of aryl methyl sites for hydroxylation is 1. The van der Waals surface area contributed by atoms with Gasteiger partial charge in [-0.1, -0.05) is 43.7 Å². The van der Waals surface area contributed by atoms with E-state index in [4.69, 9.17) is 0 Å². The Morgan fingerprint density at radius 2 is 2.12 bits per heavy atom. The molecule has 0 aromatic heterocycles. The lowest BCUT2D eigenvalue weighted by Gasteiger charge is -2.25. The van der Waals surface area contributed by atoms with Crippen molar-refractivity contribution >= 4 is 0 Å². The van der Waals surface area contributed by atoms with Crippen LogP contribution in [0, 0.1) is 12.3 Å². The number of nitrogens with one attached hydrogen (secondary N) is 1. The molecule has 1 unspecified atom stereocenters. The van der Waals surface area contributed by atoms with Gasteiger partial charge in [0.2, 0.25) is 0 Å². The number of aliphatic hydroxyl groups is 1. The standard InChI is InChI=1S/C14H23NO/c1-4-14(3,11-16)10-15-9-13-7-5-6-12(2)8-13/h5-8,15-16H,4,9-11H2,1-3H3. The second-order valence-corrected chi connectivity index (χ2v) is 4.91. The van der Waals surface area contributed by atoms with Gasteiger partial charge in [-0.2, -0.15) is 0 Å². The highest BCUT2D eigenvalue weighted by Gasteiger charge is 2.19. The zero-order valence-electron chi connectivity index (χ0n) is 10.6. The minimum absolute atomic E-state index is 0.00379. The molecule has 0 spiro atoms. The monoisotopic (exact) mass is 221 g/mol. The molecule has 1 rings (SSSR count). The van der Waals surface area contributed by atoms with Gasteiger partial charge >= 0.3 is 0 Å². The van der Waals surface area contributed by atoms with Crippen molar-refractivity contribution in [3.63, 3.8) is 0 Å². The van der Waals surface area contributed by atoms with E-state index in [1.54, 1.807) is 0 Å². The lowest BCUT2D eigenvalue weighted by molar-refractivity contribution is 0.135. The zero-order chi connectivity index (χ0) is 12.0. The molecule has 0 bridgehead atoms. The molecule has 0 aliphatic rings. The maximum Gasteiger partial charge on any atom is 0.0496 e. The van der Waals surface area contributed by atoms with Crippen LogP contribution < -0.4 is 5.32 Å². The molecular weight excluding hydrogens is 198 g/mol. The van der Waals surface area contributed by atoms with Crippen LogP contribution in [0.1, 0.15) is 31.4 Å². The molecule has 1 aromatic rings. The molecular formula is C14H23NO. The van der Waals surface area contributed by atoms with E-state index in [0.29, 0.717) is 0 Å². The number of rotatable bonds is 6. The summed E-state index contributed by atoms with van der Waals surface area (Å²) in [6.45, 7) is 8.30. The summed E-state index contributed by atoms with van der Waals surface area (Å²) in [6, 6.07) is 8.50. The lowest BCUT2D eigenvalue weighted by atomic mass is 9.88. The zero-order valence-corrected chi connectivity index (χ0v) is 10.6. The molecule has 0 aliphatic carbocycles. The Balaban J connectivity index is 2.41. The fourth-order valence-electron chi connectivity index (χ4n) is 1.62. The van der Waals surface area contributed by atoms with Crippen molar-refractivity contribution in [2.45, 2.75) is 33.7 Å². The van der Waals surface area contributed by atoms with Crippen molar-refractivity contribution in [3.05, 3.63) is 35.4 Å². The SMILES string of the molecule is CCC(C)(CO)CNCc1cccc(C)c1. The summed E-state index contributed by atoms with van der Waals surface area (Å²) >= 11 is 0. The quantitative estimate of drug-likeness (QED) is 0.773. The predicted molar refractivity (Wildman–Crippen MR) is 68.4 cm³/mol. The van der Waals surface area contributed by atoms with Gasteiger partial charge in [0.15, 0.2) is 0 Å². The van der Waals surface area contributed by atoms with Crippen LogP contribution in [0.25, 0.3) is 0 Å². The summed E-state index contributed by atoms with van der Waals surface area (Å²) in [5.74, 6) is 0. The van der Waals surface area contributed by atoms with Crippen LogP contribution in [0.3, 0.4) is 0 Å². The van der Waals surface area contributed by atoms with Gasteiger partial charge in [0.05, 0.1) is 0 Å². The molecule has 0 radical (unpaired) electrons. The van der Waals surface area contributed by atoms with Gasteiger partial charge in [-0.05, 0) is 18.9 Å². The lowest BCUT2D eigenvalue weighted by Crippen LogP contribution is -2.34. The van der Waals surface area contributed by atoms with Crippen LogP contribution in [0.5, 0.6) is 0 Å². The maximum absolute atomic E-state index is 9.29. The van der Waals surface area contributed by atoms with E-state index in [9.17, 15) is 5.11 Å². The molecule has 2 nitrogen and oxygen atoms in total. The molecule has 90 valence electrons. The Morgan fingerprint density at radius 3 is 2.69 bits per heavy atom. The number of benzene rings is 1. The highest BCUT2D eigenvalue weighted by molar-refractivity contribution is 5.21. The van der Waals surface area contributed by atoms with Crippen molar-refractivity contribution in [1.29, 1.82) is 0 Å². The maximum atomic E-state index is 9.29. The third kappa shape index (κ3) is 3.95.